The fraction of sp³-hybridized carbons (Fsp3) is 0.417. The van der Waals surface area contributed by atoms with E-state index in [0.717, 1.165) is 36.1 Å². The Balaban J connectivity index is 2.15. The van der Waals surface area contributed by atoms with E-state index >= 15 is 0 Å². The number of nitrogens with zero attached hydrogens (tertiary/aromatic N) is 1. The average molecular weight is 218 g/mol. The Hall–Kier alpha value is -1.55. The Morgan fingerprint density at radius 2 is 2.25 bits per heavy atom. The highest BCUT2D eigenvalue weighted by Gasteiger charge is 2.39. The van der Waals surface area contributed by atoms with E-state index in [9.17, 15) is 0 Å². The molecular weight excluding hydrogens is 204 g/mol. The summed E-state index contributed by atoms with van der Waals surface area (Å²) in [5.74, 6) is 1.37. The molecule has 1 saturated carbocycles. The molecule has 1 aliphatic carbocycles. The minimum absolute atomic E-state index is 0.357. The molecule has 1 aliphatic rings. The molecule has 2 aromatic rings. The number of hydrogen-bond donors (Lipinski definition) is 1. The van der Waals surface area contributed by atoms with Gasteiger partial charge >= 0.3 is 0 Å². The smallest absolute Gasteiger partial charge is 0.215 e. The van der Waals surface area contributed by atoms with Gasteiger partial charge in [0.15, 0.2) is 11.1 Å². The molecule has 1 aromatic heterocycles. The van der Waals surface area contributed by atoms with Gasteiger partial charge in [-0.3, -0.25) is 0 Å². The number of para-hydroxylation sites is 1. The van der Waals surface area contributed by atoms with Crippen molar-refractivity contribution in [1.29, 1.82) is 0 Å². The van der Waals surface area contributed by atoms with Crippen molar-refractivity contribution in [2.24, 2.45) is 5.73 Å². The second-order valence-corrected chi connectivity index (χ2v) is 4.34. The molecule has 4 heteroatoms. The molecule has 0 bridgehead atoms. The third-order valence-corrected chi connectivity index (χ3v) is 3.27. The van der Waals surface area contributed by atoms with Crippen molar-refractivity contribution < 1.29 is 9.15 Å². The number of methoxy groups -OCH3 is 1. The van der Waals surface area contributed by atoms with E-state index in [0.29, 0.717) is 5.89 Å². The summed E-state index contributed by atoms with van der Waals surface area (Å²) in [7, 11) is 1.63. The fourth-order valence-electron chi connectivity index (χ4n) is 2.07. The van der Waals surface area contributed by atoms with E-state index < -0.39 is 0 Å². The number of hydrogen-bond acceptors (Lipinski definition) is 4. The van der Waals surface area contributed by atoms with Crippen LogP contribution in [0.4, 0.5) is 0 Å². The van der Waals surface area contributed by atoms with E-state index in [-0.39, 0.29) is 5.54 Å². The second-order valence-electron chi connectivity index (χ2n) is 4.34. The van der Waals surface area contributed by atoms with Crippen LogP contribution in [0.1, 0.15) is 25.2 Å². The first-order valence-electron chi connectivity index (χ1n) is 5.46. The Kier molecular flexibility index (Phi) is 1.94. The molecule has 2 N–H and O–H groups in total. The van der Waals surface area contributed by atoms with Crippen LogP contribution in [0.5, 0.6) is 5.75 Å². The van der Waals surface area contributed by atoms with Crippen molar-refractivity contribution in [3.05, 3.63) is 24.1 Å². The Bertz CT molecular complexity index is 529. The minimum atomic E-state index is -0.357. The lowest BCUT2D eigenvalue weighted by molar-refractivity contribution is 0.203. The van der Waals surface area contributed by atoms with Crippen molar-refractivity contribution in [2.45, 2.75) is 24.8 Å². The van der Waals surface area contributed by atoms with Crippen LogP contribution >= 0.6 is 0 Å². The highest BCUT2D eigenvalue weighted by Crippen LogP contribution is 2.40. The molecule has 16 heavy (non-hydrogen) atoms. The highest BCUT2D eigenvalue weighted by molar-refractivity contribution is 5.79. The fourth-order valence-corrected chi connectivity index (χ4v) is 2.07. The Morgan fingerprint density at radius 1 is 1.44 bits per heavy atom. The molecule has 0 radical (unpaired) electrons. The van der Waals surface area contributed by atoms with E-state index in [1.807, 2.05) is 18.2 Å². The summed E-state index contributed by atoms with van der Waals surface area (Å²) < 4.78 is 10.9. The molecule has 84 valence electrons. The van der Waals surface area contributed by atoms with Crippen molar-refractivity contribution in [3.8, 4) is 5.75 Å². The maximum atomic E-state index is 6.18. The minimum Gasteiger partial charge on any atom is -0.494 e. The molecule has 0 spiro atoms. The second kappa shape index (κ2) is 3.22. The molecule has 3 rings (SSSR count). The summed E-state index contributed by atoms with van der Waals surface area (Å²) in [6.07, 6.45) is 3.04. The van der Waals surface area contributed by atoms with Gasteiger partial charge < -0.3 is 14.9 Å². The van der Waals surface area contributed by atoms with Gasteiger partial charge in [0, 0.05) is 0 Å². The number of aromatic nitrogens is 1. The normalized spacial score (nSPS) is 18.4. The molecule has 1 heterocycles. The zero-order chi connectivity index (χ0) is 11.2. The van der Waals surface area contributed by atoms with Gasteiger partial charge in [0.05, 0.1) is 12.6 Å². The SMILES string of the molecule is COc1cccc2oc(C3(N)CCC3)nc12. The molecule has 1 fully saturated rings. The first kappa shape index (κ1) is 9.66. The maximum Gasteiger partial charge on any atom is 0.215 e. The van der Waals surface area contributed by atoms with Gasteiger partial charge in [0.25, 0.3) is 0 Å². The van der Waals surface area contributed by atoms with E-state index in [4.69, 9.17) is 14.9 Å². The van der Waals surface area contributed by atoms with E-state index in [2.05, 4.69) is 4.98 Å². The monoisotopic (exact) mass is 218 g/mol. The third-order valence-electron chi connectivity index (χ3n) is 3.27. The third kappa shape index (κ3) is 1.23. The lowest BCUT2D eigenvalue weighted by Gasteiger charge is -2.34. The molecule has 4 nitrogen and oxygen atoms in total. The quantitative estimate of drug-likeness (QED) is 0.839. The van der Waals surface area contributed by atoms with Crippen LogP contribution in [0, 0.1) is 0 Å². The topological polar surface area (TPSA) is 61.3 Å². The van der Waals surface area contributed by atoms with Gasteiger partial charge in [-0.25, -0.2) is 4.98 Å². The van der Waals surface area contributed by atoms with Gasteiger partial charge in [-0.15, -0.1) is 0 Å². The van der Waals surface area contributed by atoms with Crippen LogP contribution in [0.2, 0.25) is 0 Å². The number of fused-ring (bicyclic) bond motifs is 1. The zero-order valence-electron chi connectivity index (χ0n) is 9.19. The predicted molar refractivity (Wildman–Crippen MR) is 60.3 cm³/mol. The predicted octanol–water partition coefficient (Wildman–Crippen LogP) is 2.17. The van der Waals surface area contributed by atoms with Crippen molar-refractivity contribution in [1.82, 2.24) is 4.98 Å². The van der Waals surface area contributed by atoms with Gasteiger partial charge in [0.1, 0.15) is 5.75 Å². The van der Waals surface area contributed by atoms with Crippen LogP contribution in [0.25, 0.3) is 11.1 Å². The molecule has 0 amide bonds. The molecular formula is C12H14N2O2. The number of rotatable bonds is 2. The average Bonchev–Trinajstić information content (AvgIpc) is 2.69. The number of benzene rings is 1. The van der Waals surface area contributed by atoms with Gasteiger partial charge in [-0.2, -0.15) is 0 Å². The first-order chi connectivity index (χ1) is 7.73. The Labute approximate surface area is 93.4 Å². The molecule has 0 unspecified atom stereocenters. The van der Waals surface area contributed by atoms with E-state index in [1.54, 1.807) is 7.11 Å². The number of nitrogens with two attached hydrogens (primary N) is 1. The summed E-state index contributed by atoms with van der Waals surface area (Å²) in [5, 5.41) is 0. The summed E-state index contributed by atoms with van der Waals surface area (Å²) in [6.45, 7) is 0. The summed E-state index contributed by atoms with van der Waals surface area (Å²) in [4.78, 5) is 4.46. The van der Waals surface area contributed by atoms with Crippen LogP contribution in [0.15, 0.2) is 22.6 Å². The molecule has 0 saturated heterocycles. The summed E-state index contributed by atoms with van der Waals surface area (Å²) >= 11 is 0. The number of ether oxygens (including phenoxy) is 1. The zero-order valence-corrected chi connectivity index (χ0v) is 9.19. The molecule has 0 aliphatic heterocycles. The van der Waals surface area contributed by atoms with Crippen LogP contribution in [-0.4, -0.2) is 12.1 Å². The Morgan fingerprint density at radius 3 is 2.88 bits per heavy atom. The summed E-state index contributed by atoms with van der Waals surface area (Å²) in [5.41, 5.74) is 7.33. The van der Waals surface area contributed by atoms with Gasteiger partial charge in [-0.1, -0.05) is 6.07 Å². The van der Waals surface area contributed by atoms with Crippen molar-refractivity contribution in [3.63, 3.8) is 0 Å². The first-order valence-corrected chi connectivity index (χ1v) is 5.46. The van der Waals surface area contributed by atoms with Gasteiger partial charge in [0.2, 0.25) is 5.89 Å². The van der Waals surface area contributed by atoms with Crippen LogP contribution in [0.3, 0.4) is 0 Å². The lowest BCUT2D eigenvalue weighted by atomic mass is 9.78. The molecule has 1 aromatic carbocycles. The number of oxazole rings is 1. The lowest BCUT2D eigenvalue weighted by Crippen LogP contribution is -2.43. The van der Waals surface area contributed by atoms with Gasteiger partial charge in [-0.05, 0) is 31.4 Å². The van der Waals surface area contributed by atoms with Crippen LogP contribution < -0.4 is 10.5 Å². The standard InChI is InChI=1S/C12H14N2O2/c1-15-8-4-2-5-9-10(8)14-11(16-9)12(13)6-3-7-12/h2,4-5H,3,6-7,13H2,1H3. The van der Waals surface area contributed by atoms with Crippen LogP contribution in [-0.2, 0) is 5.54 Å². The largest absolute Gasteiger partial charge is 0.494 e. The highest BCUT2D eigenvalue weighted by atomic mass is 16.5. The van der Waals surface area contributed by atoms with Crippen molar-refractivity contribution in [2.75, 3.05) is 7.11 Å². The molecule has 0 atom stereocenters. The van der Waals surface area contributed by atoms with E-state index in [1.165, 1.54) is 0 Å². The maximum absolute atomic E-state index is 6.18. The summed E-state index contributed by atoms with van der Waals surface area (Å²) in [6, 6.07) is 5.65. The van der Waals surface area contributed by atoms with Crippen molar-refractivity contribution >= 4 is 11.1 Å².